The molecule has 3 heterocycles. The molecule has 102 heavy (non-hydrogen) atoms. The molecule has 3 aromatic heterocycles. The second-order valence-electron chi connectivity index (χ2n) is 24.2. The minimum absolute atomic E-state index is 0.00873. The van der Waals surface area contributed by atoms with Crippen LogP contribution in [-0.4, -0.2) is 48.0 Å². The van der Waals surface area contributed by atoms with Crippen LogP contribution in [0.5, 0.6) is 0 Å². The van der Waals surface area contributed by atoms with Gasteiger partial charge in [-0.05, 0) is 131 Å². The van der Waals surface area contributed by atoms with E-state index in [0.717, 1.165) is 33.9 Å². The molecule has 0 saturated carbocycles. The summed E-state index contributed by atoms with van der Waals surface area (Å²) in [7, 11) is 0. The van der Waals surface area contributed by atoms with Crippen LogP contribution in [0.25, 0.3) is 100 Å². The van der Waals surface area contributed by atoms with Crippen LogP contribution in [0, 0.1) is 11.3 Å². The minimum Gasteiger partial charge on any atom is -0.457 e. The van der Waals surface area contributed by atoms with E-state index in [2.05, 4.69) is 6.07 Å². The van der Waals surface area contributed by atoms with Gasteiger partial charge in [-0.25, -0.2) is 34.1 Å². The van der Waals surface area contributed by atoms with Crippen molar-refractivity contribution in [2.24, 2.45) is 0 Å². The van der Waals surface area contributed by atoms with E-state index in [0.29, 0.717) is 60.5 Å². The van der Waals surface area contributed by atoms with Gasteiger partial charge < -0.3 is 28.1 Å². The van der Waals surface area contributed by atoms with Gasteiger partial charge in [0.1, 0.15) is 26.4 Å². The largest absolute Gasteiger partial charge is 0.457 e. The topological polar surface area (TPSA) is 178 Å². The summed E-state index contributed by atoms with van der Waals surface area (Å²) in [5.74, 6) is -2.16. The van der Waals surface area contributed by atoms with Crippen LogP contribution < -0.4 is 0 Å². The number of fused-ring (bicyclic) bond motifs is 6. The summed E-state index contributed by atoms with van der Waals surface area (Å²) in [6.45, 7) is -0.0182. The van der Waals surface area contributed by atoms with Crippen LogP contribution >= 0.6 is 0 Å². The van der Waals surface area contributed by atoms with Crippen LogP contribution in [0.15, 0.2) is 285 Å². The molecule has 494 valence electrons. The molecule has 0 fully saturated rings. The second-order valence-corrected chi connectivity index (χ2v) is 24.2. The maximum atomic E-state index is 15.9. The van der Waals surface area contributed by atoms with Gasteiger partial charge in [0.2, 0.25) is 0 Å². The summed E-state index contributed by atoms with van der Waals surface area (Å²) < 4.78 is 74.4. The highest BCUT2D eigenvalue weighted by molar-refractivity contribution is 6.15. The Labute approximate surface area is 581 Å². The number of aromatic nitrogens is 5. The number of hydrogen-bond donors (Lipinski definition) is 0. The number of ether oxygens (including phenoxy) is 4. The molecule has 14 nitrogen and oxygen atoms in total. The van der Waals surface area contributed by atoms with E-state index in [9.17, 15) is 24.4 Å². The predicted octanol–water partition coefficient (Wildman–Crippen LogP) is 19.1. The van der Waals surface area contributed by atoms with E-state index in [1.165, 1.54) is 28.8 Å². The molecular formula is C85H55F3N6O8. The van der Waals surface area contributed by atoms with E-state index in [-0.39, 0.29) is 88.4 Å². The lowest BCUT2D eigenvalue weighted by atomic mass is 9.99. The number of nitriles is 1. The van der Waals surface area contributed by atoms with Gasteiger partial charge >= 0.3 is 30.1 Å². The van der Waals surface area contributed by atoms with Gasteiger partial charge in [-0.15, -0.1) is 0 Å². The van der Waals surface area contributed by atoms with Crippen molar-refractivity contribution in [3.63, 3.8) is 0 Å². The summed E-state index contributed by atoms with van der Waals surface area (Å²) in [6.07, 6.45) is -4.93. The molecule has 0 saturated heterocycles. The number of hydrogen-bond acceptors (Lipinski definition) is 12. The Bertz CT molecular complexity index is 5560. The number of esters is 4. The van der Waals surface area contributed by atoms with Gasteiger partial charge in [0.25, 0.3) is 0 Å². The first-order valence-electron chi connectivity index (χ1n) is 32.5. The molecule has 0 spiro atoms. The molecule has 0 unspecified atom stereocenters. The predicted molar refractivity (Wildman–Crippen MR) is 382 cm³/mol. The first kappa shape index (κ1) is 64.4. The van der Waals surface area contributed by atoms with Gasteiger partial charge in [0.15, 0.2) is 17.5 Å². The van der Waals surface area contributed by atoms with E-state index in [4.69, 9.17) is 33.9 Å². The van der Waals surface area contributed by atoms with Crippen molar-refractivity contribution in [1.82, 2.24) is 24.1 Å². The molecule has 0 bridgehead atoms. The van der Waals surface area contributed by atoms with Crippen LogP contribution in [0.1, 0.15) is 74.8 Å². The summed E-state index contributed by atoms with van der Waals surface area (Å²) in [6, 6.07) is 84.1. The van der Waals surface area contributed by atoms with Gasteiger partial charge in [-0.3, -0.25) is 0 Å². The monoisotopic (exact) mass is 1340 g/mol. The van der Waals surface area contributed by atoms with E-state index < -0.39 is 35.6 Å². The number of rotatable bonds is 18. The number of carbonyl (C=O) groups is 4. The highest BCUT2D eigenvalue weighted by Crippen LogP contribution is 2.43. The highest BCUT2D eigenvalue weighted by Gasteiger charge is 2.36. The summed E-state index contributed by atoms with van der Waals surface area (Å²) in [4.78, 5) is 71.0. The van der Waals surface area contributed by atoms with Crippen LogP contribution in [-0.2, 0) is 51.6 Å². The molecule has 15 aromatic rings. The lowest BCUT2D eigenvalue weighted by Crippen LogP contribution is -2.11. The molecule has 17 heteroatoms. The SMILES string of the molecule is N#Cc1ccc(-c2ccc(-c3nc(-c4ccccc4)nc(-c4ccc(C(F)(F)F)c(-n5c6ccc(C(=O)OCc7ccccc7)cc6c6cc(C(=O)OCc7ccccc7)ccc65)c4)n3)cc2-n2c3ccc(C(=O)OCc4ccccc4)cc3c3cc(C(=O)OCc4ccccc4)ccc32)cc1. The fourth-order valence-corrected chi connectivity index (χ4v) is 12.6. The number of carbonyl (C=O) groups excluding carboxylic acids is 4. The van der Waals surface area contributed by atoms with Crippen LogP contribution in [0.2, 0.25) is 0 Å². The smallest absolute Gasteiger partial charge is 0.418 e. The number of halogens is 3. The Morgan fingerprint density at radius 1 is 0.343 bits per heavy atom. The summed E-state index contributed by atoms with van der Waals surface area (Å²) >= 11 is 0. The van der Waals surface area contributed by atoms with Crippen molar-refractivity contribution >= 4 is 67.5 Å². The third kappa shape index (κ3) is 13.2. The first-order chi connectivity index (χ1) is 49.8. The van der Waals surface area contributed by atoms with Crippen LogP contribution in [0.3, 0.4) is 0 Å². The van der Waals surface area contributed by atoms with Crippen molar-refractivity contribution in [1.29, 1.82) is 5.26 Å². The van der Waals surface area contributed by atoms with Crippen molar-refractivity contribution < 1.29 is 51.3 Å². The fourth-order valence-electron chi connectivity index (χ4n) is 12.6. The molecule has 12 aromatic carbocycles. The van der Waals surface area contributed by atoms with Gasteiger partial charge in [0.05, 0.1) is 72.9 Å². The number of benzene rings is 12. The quantitative estimate of drug-likeness (QED) is 0.0587. The normalized spacial score (nSPS) is 11.4. The third-order valence-corrected chi connectivity index (χ3v) is 17.6. The summed E-state index contributed by atoms with van der Waals surface area (Å²) in [5, 5.41) is 11.8. The van der Waals surface area contributed by atoms with Gasteiger partial charge in [-0.2, -0.15) is 18.4 Å². The molecule has 15 rings (SSSR count). The minimum atomic E-state index is -4.93. The highest BCUT2D eigenvalue weighted by atomic mass is 19.4. The van der Waals surface area contributed by atoms with E-state index in [1.807, 2.05) is 199 Å². The summed E-state index contributed by atoms with van der Waals surface area (Å²) in [5.41, 5.74) is 7.87. The zero-order valence-corrected chi connectivity index (χ0v) is 54.0. The Hall–Kier alpha value is -13.6. The Morgan fingerprint density at radius 3 is 1.01 bits per heavy atom. The van der Waals surface area contributed by atoms with Crippen LogP contribution in [0.4, 0.5) is 13.2 Å². The van der Waals surface area contributed by atoms with Crippen molar-refractivity contribution in [3.8, 4) is 62.7 Å². The molecule has 0 atom stereocenters. The Balaban J connectivity index is 0.891. The molecule has 0 aliphatic carbocycles. The van der Waals surface area contributed by atoms with E-state index in [1.54, 1.807) is 60.7 Å². The second kappa shape index (κ2) is 27.7. The van der Waals surface area contributed by atoms with E-state index >= 15 is 13.2 Å². The van der Waals surface area contributed by atoms with Gasteiger partial charge in [0, 0.05) is 43.8 Å². The molecule has 0 amide bonds. The maximum absolute atomic E-state index is 15.9. The first-order valence-corrected chi connectivity index (χ1v) is 32.5. The maximum Gasteiger partial charge on any atom is 0.418 e. The van der Waals surface area contributed by atoms with Crippen molar-refractivity contribution in [2.45, 2.75) is 32.6 Å². The van der Waals surface area contributed by atoms with Crippen molar-refractivity contribution in [3.05, 3.63) is 341 Å². The molecule has 0 radical (unpaired) electrons. The van der Waals surface area contributed by atoms with Gasteiger partial charge in [-0.1, -0.05) is 182 Å². The Morgan fingerprint density at radius 2 is 0.657 bits per heavy atom. The number of nitrogens with zero attached hydrogens (tertiary/aromatic N) is 6. The van der Waals surface area contributed by atoms with Crippen molar-refractivity contribution in [2.75, 3.05) is 0 Å². The zero-order valence-electron chi connectivity index (χ0n) is 54.0. The molecule has 0 aliphatic heterocycles. The number of alkyl halides is 3. The fraction of sp³-hybridized carbons (Fsp3) is 0.0588. The molecule has 0 aliphatic rings. The lowest BCUT2D eigenvalue weighted by Gasteiger charge is -2.18. The molecule has 0 N–H and O–H groups in total. The average Bonchev–Trinajstić information content (AvgIpc) is 1.58. The lowest BCUT2D eigenvalue weighted by molar-refractivity contribution is -0.137. The zero-order chi connectivity index (χ0) is 69.8. The standard InChI is InChI=1S/C85H55F3N6O8/c86-85(87,88)71-37-31-61(47-77(71)94-74-40-34-64(83(97)101-51-56-20-10-3-11-21-56)44-69(74)70-45-65(35-41-75(70)94)84(98)102-52-57-22-12-4-13-23-57)80-91-78(59-24-14-5-15-25-59)90-79(92-80)60-30-36-66(58-28-26-53(48-89)27-29-58)76(46-60)93-72-38-32-62(81(95)99-49-54-16-6-1-7-17-54)42-67(72)68-43-63(33-39-73(68)93)82(96)100-50-55-18-8-2-9-19-55/h1-47H,49-52H2. The molecular weight excluding hydrogens is 1290 g/mol. The third-order valence-electron chi connectivity index (χ3n) is 17.6. The Kier molecular flexibility index (Phi) is 17.5. The average molecular weight is 1350 g/mol.